The minimum absolute atomic E-state index is 1.06. The van der Waals surface area contributed by atoms with Crippen LogP contribution in [-0.2, 0) is 0 Å². The van der Waals surface area contributed by atoms with Gasteiger partial charge in [-0.2, -0.15) is 0 Å². The summed E-state index contributed by atoms with van der Waals surface area (Å²) in [5.41, 5.74) is 0. The van der Waals surface area contributed by atoms with E-state index in [0.29, 0.717) is 0 Å². The van der Waals surface area contributed by atoms with Crippen LogP contribution in [0.2, 0.25) is 0 Å². The van der Waals surface area contributed by atoms with E-state index in [0.717, 1.165) is 11.8 Å². The first-order valence-corrected chi connectivity index (χ1v) is 6.91. The van der Waals surface area contributed by atoms with Crippen LogP contribution in [-0.4, -0.2) is 36.2 Å². The summed E-state index contributed by atoms with van der Waals surface area (Å²) in [6, 6.07) is 0. The number of hydrazine groups is 1. The minimum Gasteiger partial charge on any atom is -0.242 e. The lowest BCUT2D eigenvalue weighted by molar-refractivity contribution is -0.0667. The normalized spacial score (nSPS) is 46.4. The molecule has 4 bridgehead atoms. The Morgan fingerprint density at radius 3 is 1.33 bits per heavy atom. The maximum atomic E-state index is 2.65. The molecule has 0 amide bonds. The third-order valence-electron chi connectivity index (χ3n) is 4.81. The molecule has 0 saturated carbocycles. The molecule has 2 heteroatoms. The van der Waals surface area contributed by atoms with E-state index in [1.807, 2.05) is 0 Å². The fraction of sp³-hybridized carbons (Fsp3) is 1.00. The molecular formula is C13H24N2. The van der Waals surface area contributed by atoms with E-state index in [4.69, 9.17) is 0 Å². The van der Waals surface area contributed by atoms with Gasteiger partial charge in [-0.3, -0.25) is 0 Å². The molecule has 0 N–H and O–H groups in total. The second-order valence-corrected chi connectivity index (χ2v) is 5.72. The second kappa shape index (κ2) is 4.42. The first kappa shape index (κ1) is 10.1. The van der Waals surface area contributed by atoms with Crippen molar-refractivity contribution >= 4 is 0 Å². The number of nitrogens with zero attached hydrogens (tertiary/aromatic N) is 2. The van der Waals surface area contributed by atoms with Crippen LogP contribution < -0.4 is 0 Å². The lowest BCUT2D eigenvalue weighted by Crippen LogP contribution is -2.49. The van der Waals surface area contributed by atoms with Crippen molar-refractivity contribution in [3.05, 3.63) is 0 Å². The van der Waals surface area contributed by atoms with E-state index in [1.165, 1.54) is 71.1 Å². The highest BCUT2D eigenvalue weighted by Gasteiger charge is 2.28. The van der Waals surface area contributed by atoms with Crippen molar-refractivity contribution in [3.8, 4) is 0 Å². The number of piperidine rings is 2. The Labute approximate surface area is 93.6 Å². The van der Waals surface area contributed by atoms with Gasteiger partial charge in [-0.25, -0.2) is 10.0 Å². The number of hydrogen-bond donors (Lipinski definition) is 0. The van der Waals surface area contributed by atoms with Gasteiger partial charge in [-0.1, -0.05) is 19.3 Å². The maximum absolute atomic E-state index is 2.65. The lowest BCUT2D eigenvalue weighted by Gasteiger charge is -2.42. The average molecular weight is 208 g/mol. The van der Waals surface area contributed by atoms with Crippen LogP contribution in [0.25, 0.3) is 0 Å². The van der Waals surface area contributed by atoms with Gasteiger partial charge in [0.15, 0.2) is 0 Å². The highest BCUT2D eigenvalue weighted by molar-refractivity contribution is 4.78. The smallest absolute Gasteiger partial charge is 0.0136 e. The van der Waals surface area contributed by atoms with Crippen molar-refractivity contribution in [1.82, 2.24) is 10.0 Å². The average Bonchev–Trinajstić information content (AvgIpc) is 2.40. The van der Waals surface area contributed by atoms with Crippen LogP contribution in [0.1, 0.15) is 44.9 Å². The molecule has 15 heavy (non-hydrogen) atoms. The van der Waals surface area contributed by atoms with Crippen LogP contribution in [0.5, 0.6) is 0 Å². The van der Waals surface area contributed by atoms with Crippen LogP contribution >= 0.6 is 0 Å². The summed E-state index contributed by atoms with van der Waals surface area (Å²) in [7, 11) is 0. The van der Waals surface area contributed by atoms with Gasteiger partial charge >= 0.3 is 0 Å². The largest absolute Gasteiger partial charge is 0.242 e. The lowest BCUT2D eigenvalue weighted by atomic mass is 9.88. The van der Waals surface area contributed by atoms with Gasteiger partial charge in [0.1, 0.15) is 0 Å². The van der Waals surface area contributed by atoms with E-state index in [1.54, 1.807) is 0 Å². The van der Waals surface area contributed by atoms with E-state index in [2.05, 4.69) is 10.0 Å². The zero-order chi connectivity index (χ0) is 10.1. The van der Waals surface area contributed by atoms with Crippen LogP contribution in [0.4, 0.5) is 0 Å². The second-order valence-electron chi connectivity index (χ2n) is 5.72. The van der Waals surface area contributed by atoms with Gasteiger partial charge in [0.05, 0.1) is 0 Å². The molecular weight excluding hydrogens is 184 g/mol. The fourth-order valence-corrected chi connectivity index (χ4v) is 3.68. The van der Waals surface area contributed by atoms with Crippen molar-refractivity contribution in [1.29, 1.82) is 0 Å². The molecule has 0 radical (unpaired) electrons. The first-order chi connectivity index (χ1) is 7.42. The molecule has 6 aliphatic heterocycles. The monoisotopic (exact) mass is 208 g/mol. The molecule has 0 atom stereocenters. The van der Waals surface area contributed by atoms with Gasteiger partial charge in [0.25, 0.3) is 0 Å². The van der Waals surface area contributed by atoms with Crippen molar-refractivity contribution in [2.75, 3.05) is 26.2 Å². The van der Waals surface area contributed by atoms with Crippen LogP contribution in [0.15, 0.2) is 0 Å². The molecule has 6 rings (SSSR count). The first-order valence-electron chi connectivity index (χ1n) is 6.91. The summed E-state index contributed by atoms with van der Waals surface area (Å²) in [4.78, 5) is 0. The molecule has 6 heterocycles. The van der Waals surface area contributed by atoms with Gasteiger partial charge in [0.2, 0.25) is 0 Å². The van der Waals surface area contributed by atoms with Crippen molar-refractivity contribution in [3.63, 3.8) is 0 Å². The molecule has 0 aromatic heterocycles. The molecule has 0 aromatic rings. The topological polar surface area (TPSA) is 6.48 Å². The summed E-state index contributed by atoms with van der Waals surface area (Å²) < 4.78 is 0. The highest BCUT2D eigenvalue weighted by atomic mass is 15.6. The Morgan fingerprint density at radius 2 is 0.933 bits per heavy atom. The molecule has 2 nitrogen and oxygen atoms in total. The van der Waals surface area contributed by atoms with Gasteiger partial charge in [-0.15, -0.1) is 0 Å². The predicted octanol–water partition coefficient (Wildman–Crippen LogP) is 2.51. The van der Waals surface area contributed by atoms with E-state index < -0.39 is 0 Å². The molecule has 6 aliphatic rings. The quantitative estimate of drug-likeness (QED) is 0.603. The Kier molecular flexibility index (Phi) is 2.98. The van der Waals surface area contributed by atoms with Crippen LogP contribution in [0, 0.1) is 11.8 Å². The van der Waals surface area contributed by atoms with E-state index in [-0.39, 0.29) is 0 Å². The summed E-state index contributed by atoms with van der Waals surface area (Å²) in [5, 5.41) is 5.30. The Morgan fingerprint density at radius 1 is 0.533 bits per heavy atom. The minimum atomic E-state index is 1.06. The third kappa shape index (κ3) is 2.21. The van der Waals surface area contributed by atoms with Crippen LogP contribution in [0.3, 0.4) is 0 Å². The van der Waals surface area contributed by atoms with Gasteiger partial charge in [0, 0.05) is 26.2 Å². The molecule has 0 spiro atoms. The van der Waals surface area contributed by atoms with Gasteiger partial charge in [-0.05, 0) is 37.5 Å². The van der Waals surface area contributed by atoms with Gasteiger partial charge < -0.3 is 0 Å². The Bertz CT molecular complexity index is 173. The SMILES string of the molecule is C1CC2CCN(CC2)N2CCC(C1)CC2. The molecule has 0 unspecified atom stereocenters. The zero-order valence-corrected chi connectivity index (χ0v) is 9.83. The molecule has 86 valence electrons. The van der Waals surface area contributed by atoms with Crippen molar-refractivity contribution in [2.45, 2.75) is 44.9 Å². The summed E-state index contributed by atoms with van der Waals surface area (Å²) >= 11 is 0. The number of hydrogen-bond acceptors (Lipinski definition) is 2. The standard InChI is InChI=1S/C13H24N2/c1-2-12-4-8-14(9-5-12)15-10-6-13(3-1)7-11-15/h12-13H,1-11H2. The molecule has 6 fully saturated rings. The third-order valence-corrected chi connectivity index (χ3v) is 4.81. The molecule has 6 saturated heterocycles. The number of rotatable bonds is 0. The summed E-state index contributed by atoms with van der Waals surface area (Å²) in [5.74, 6) is 2.11. The van der Waals surface area contributed by atoms with Crippen molar-refractivity contribution < 1.29 is 0 Å². The Balaban J connectivity index is 1.71. The Hall–Kier alpha value is -0.0800. The molecule has 0 aliphatic carbocycles. The predicted molar refractivity (Wildman–Crippen MR) is 62.4 cm³/mol. The maximum Gasteiger partial charge on any atom is 0.0136 e. The molecule has 0 aromatic carbocycles. The van der Waals surface area contributed by atoms with E-state index >= 15 is 0 Å². The van der Waals surface area contributed by atoms with Crippen molar-refractivity contribution in [2.24, 2.45) is 11.8 Å². The summed E-state index contributed by atoms with van der Waals surface area (Å²) in [6.45, 7) is 5.37. The summed E-state index contributed by atoms with van der Waals surface area (Å²) in [6.07, 6.45) is 10.4. The fourth-order valence-electron chi connectivity index (χ4n) is 3.68. The zero-order valence-electron chi connectivity index (χ0n) is 9.83. The van der Waals surface area contributed by atoms with E-state index in [9.17, 15) is 0 Å². The highest BCUT2D eigenvalue weighted by Crippen LogP contribution is 2.31.